The highest BCUT2D eigenvalue weighted by Crippen LogP contribution is 2.26. The Kier molecular flexibility index (Phi) is 13.0. The maximum atomic E-state index is 14.0. The molecule has 0 saturated carbocycles. The Hall–Kier alpha value is -4.96. The molecule has 2 heterocycles. The molecule has 2 aromatic heterocycles. The number of fused-ring (bicyclic) bond motifs is 1. The van der Waals surface area contributed by atoms with Gasteiger partial charge < -0.3 is 30.3 Å². The van der Waals surface area contributed by atoms with Crippen LogP contribution >= 0.6 is 0 Å². The summed E-state index contributed by atoms with van der Waals surface area (Å²) in [6, 6.07) is 4.12. The summed E-state index contributed by atoms with van der Waals surface area (Å²) in [7, 11) is 0. The SMILES string of the molecule is Cc1cc(OCc2c(F)cccc2F)c2nc(C)c(C(=O)NCCCC[C@H](NC(=O)OC(C)(C)C)C(=O)O)n2c1.O=C(O)C(F)(F)F. The molecule has 17 heteroatoms. The van der Waals surface area contributed by atoms with E-state index >= 15 is 0 Å². The number of benzene rings is 1. The first-order valence-electron chi connectivity index (χ1n) is 14.1. The first-order valence-corrected chi connectivity index (χ1v) is 14.1. The number of pyridine rings is 1. The van der Waals surface area contributed by atoms with Gasteiger partial charge in [0.25, 0.3) is 5.91 Å². The Morgan fingerprint density at radius 2 is 1.62 bits per heavy atom. The fourth-order valence-corrected chi connectivity index (χ4v) is 4.02. The standard InChI is InChI=1S/C28H34F2N4O6.C2HF3O2/c1-16-13-22(39-15-18-19(29)9-8-10-20(18)30)24-32-17(2)23(34(24)14-16)25(35)31-12-7-6-11-21(26(36)37)33-27(38)40-28(3,4)5;3-2(4,5)1(6)7/h8-10,13-14,21H,6-7,11-12,15H2,1-5H3,(H,31,35)(H,33,38)(H,36,37);(H,6,7)/t21-;/m0./s1. The number of unbranched alkanes of at least 4 members (excludes halogenated alkanes) is 1. The predicted octanol–water partition coefficient (Wildman–Crippen LogP) is 5.32. The van der Waals surface area contributed by atoms with Crippen LogP contribution in [0.5, 0.6) is 5.75 Å². The van der Waals surface area contributed by atoms with Gasteiger partial charge in [-0.1, -0.05) is 6.07 Å². The minimum Gasteiger partial charge on any atom is -0.485 e. The lowest BCUT2D eigenvalue weighted by molar-refractivity contribution is -0.192. The third kappa shape index (κ3) is 11.7. The molecule has 0 bridgehead atoms. The third-order valence-corrected chi connectivity index (χ3v) is 6.08. The first kappa shape index (κ1) is 38.2. The number of nitrogens with one attached hydrogen (secondary N) is 2. The minimum atomic E-state index is -5.08. The fraction of sp³-hybridized carbons (Fsp3) is 0.433. The number of aryl methyl sites for hydroxylation is 2. The van der Waals surface area contributed by atoms with Crippen molar-refractivity contribution in [2.45, 2.75) is 78.3 Å². The van der Waals surface area contributed by atoms with Crippen LogP contribution < -0.4 is 15.4 Å². The minimum absolute atomic E-state index is 0.154. The number of amides is 2. The van der Waals surface area contributed by atoms with Crippen molar-refractivity contribution >= 4 is 29.6 Å². The third-order valence-electron chi connectivity index (χ3n) is 6.08. The second kappa shape index (κ2) is 16.0. The Morgan fingerprint density at radius 1 is 1.02 bits per heavy atom. The number of carboxylic acids is 2. The van der Waals surface area contributed by atoms with Crippen LogP contribution in [0.3, 0.4) is 0 Å². The fourth-order valence-electron chi connectivity index (χ4n) is 4.02. The maximum Gasteiger partial charge on any atom is 0.490 e. The summed E-state index contributed by atoms with van der Waals surface area (Å²) in [5.74, 6) is -5.52. The second-order valence-corrected chi connectivity index (χ2v) is 11.2. The van der Waals surface area contributed by atoms with Gasteiger partial charge in [-0.2, -0.15) is 13.2 Å². The van der Waals surface area contributed by atoms with E-state index in [-0.39, 0.29) is 36.6 Å². The summed E-state index contributed by atoms with van der Waals surface area (Å²) in [6.07, 6.45) is -3.15. The average molecular weight is 675 g/mol. The Morgan fingerprint density at radius 3 is 2.15 bits per heavy atom. The zero-order chi connectivity index (χ0) is 35.7. The molecule has 258 valence electrons. The van der Waals surface area contributed by atoms with Gasteiger partial charge in [-0.05, 0) is 77.6 Å². The molecular weight excluding hydrogens is 639 g/mol. The Bertz CT molecular complexity index is 1580. The number of nitrogens with zero attached hydrogens (tertiary/aromatic N) is 2. The van der Waals surface area contributed by atoms with Gasteiger partial charge in [0.1, 0.15) is 35.6 Å². The van der Waals surface area contributed by atoms with Crippen LogP contribution in [-0.4, -0.2) is 67.9 Å². The maximum absolute atomic E-state index is 14.0. The highest BCUT2D eigenvalue weighted by Gasteiger charge is 2.38. The monoisotopic (exact) mass is 674 g/mol. The molecule has 0 aliphatic heterocycles. The highest BCUT2D eigenvalue weighted by atomic mass is 19.4. The van der Waals surface area contributed by atoms with Crippen molar-refractivity contribution < 1.29 is 60.8 Å². The molecule has 0 aliphatic rings. The van der Waals surface area contributed by atoms with Gasteiger partial charge >= 0.3 is 24.2 Å². The topological polar surface area (TPSA) is 169 Å². The molecule has 0 saturated heterocycles. The van der Waals surface area contributed by atoms with E-state index in [1.807, 2.05) is 0 Å². The summed E-state index contributed by atoms with van der Waals surface area (Å²) in [6.45, 7) is 8.39. The molecule has 0 spiro atoms. The largest absolute Gasteiger partial charge is 0.490 e. The van der Waals surface area contributed by atoms with Crippen molar-refractivity contribution in [1.82, 2.24) is 20.0 Å². The van der Waals surface area contributed by atoms with Gasteiger partial charge in [-0.15, -0.1) is 0 Å². The van der Waals surface area contributed by atoms with Gasteiger partial charge in [-0.3, -0.25) is 9.20 Å². The lowest BCUT2D eigenvalue weighted by Crippen LogP contribution is -2.43. The number of ether oxygens (including phenoxy) is 2. The zero-order valence-electron chi connectivity index (χ0n) is 26.1. The van der Waals surface area contributed by atoms with E-state index in [0.717, 1.165) is 17.7 Å². The number of hydrogen-bond acceptors (Lipinski definition) is 7. The smallest absolute Gasteiger partial charge is 0.485 e. The van der Waals surface area contributed by atoms with E-state index < -0.39 is 53.4 Å². The number of imidazole rings is 1. The molecule has 1 atom stereocenters. The number of aromatic nitrogens is 2. The van der Waals surface area contributed by atoms with Crippen molar-refractivity contribution in [2.24, 2.45) is 0 Å². The van der Waals surface area contributed by atoms with Gasteiger partial charge in [0.15, 0.2) is 11.4 Å². The first-order chi connectivity index (χ1) is 21.7. The van der Waals surface area contributed by atoms with Crippen LogP contribution in [-0.2, 0) is 20.9 Å². The van der Waals surface area contributed by atoms with Gasteiger partial charge in [0, 0.05) is 12.7 Å². The van der Waals surface area contributed by atoms with Crippen LogP contribution in [0.2, 0.25) is 0 Å². The Labute approximate surface area is 265 Å². The lowest BCUT2D eigenvalue weighted by Gasteiger charge is -2.22. The summed E-state index contributed by atoms with van der Waals surface area (Å²) < 4.78 is 72.2. The molecule has 0 fully saturated rings. The summed E-state index contributed by atoms with van der Waals surface area (Å²) in [5, 5.41) is 21.7. The zero-order valence-corrected chi connectivity index (χ0v) is 26.1. The van der Waals surface area contributed by atoms with Crippen molar-refractivity contribution in [3.05, 3.63) is 64.6 Å². The van der Waals surface area contributed by atoms with E-state index in [9.17, 15) is 41.4 Å². The van der Waals surface area contributed by atoms with Gasteiger partial charge in [0.2, 0.25) is 0 Å². The van der Waals surface area contributed by atoms with Crippen LogP contribution in [0, 0.1) is 25.5 Å². The van der Waals surface area contributed by atoms with Crippen molar-refractivity contribution in [3.63, 3.8) is 0 Å². The van der Waals surface area contributed by atoms with Crippen molar-refractivity contribution in [1.29, 1.82) is 0 Å². The predicted molar refractivity (Wildman–Crippen MR) is 156 cm³/mol. The second-order valence-electron chi connectivity index (χ2n) is 11.2. The molecule has 0 unspecified atom stereocenters. The van der Waals surface area contributed by atoms with E-state index in [1.165, 1.54) is 6.07 Å². The van der Waals surface area contributed by atoms with Crippen LogP contribution in [0.1, 0.15) is 67.3 Å². The number of halogens is 5. The number of alkyl halides is 3. The molecule has 12 nitrogen and oxygen atoms in total. The number of hydrogen-bond donors (Lipinski definition) is 4. The van der Waals surface area contributed by atoms with Gasteiger partial charge in [0.05, 0.1) is 11.3 Å². The van der Waals surface area contributed by atoms with E-state index in [2.05, 4.69) is 15.6 Å². The Balaban J connectivity index is 0.000000984. The summed E-state index contributed by atoms with van der Waals surface area (Å²) in [5.41, 5.74) is 0.793. The molecule has 3 aromatic rings. The molecule has 0 radical (unpaired) electrons. The molecule has 2 amide bonds. The van der Waals surface area contributed by atoms with Crippen LogP contribution in [0.4, 0.5) is 26.7 Å². The number of rotatable bonds is 11. The molecule has 0 aliphatic carbocycles. The molecule has 1 aromatic carbocycles. The number of carbonyl (C=O) groups excluding carboxylic acids is 2. The molecule has 47 heavy (non-hydrogen) atoms. The normalized spacial score (nSPS) is 12.0. The number of carboxylic acid groups (broad SMARTS) is 2. The van der Waals surface area contributed by atoms with Crippen LogP contribution in [0.15, 0.2) is 30.5 Å². The van der Waals surface area contributed by atoms with Crippen molar-refractivity contribution in [2.75, 3.05) is 6.54 Å². The molecular formula is C30H35F5N4O8. The highest BCUT2D eigenvalue weighted by molar-refractivity contribution is 5.95. The van der Waals surface area contributed by atoms with E-state index in [1.54, 1.807) is 51.3 Å². The number of aliphatic carboxylic acids is 2. The van der Waals surface area contributed by atoms with E-state index in [0.29, 0.717) is 24.2 Å². The lowest BCUT2D eigenvalue weighted by atomic mass is 10.1. The molecule has 4 N–H and O–H groups in total. The quantitative estimate of drug-likeness (QED) is 0.155. The summed E-state index contributed by atoms with van der Waals surface area (Å²) in [4.78, 5) is 49.8. The van der Waals surface area contributed by atoms with Gasteiger partial charge in [-0.25, -0.2) is 28.1 Å². The average Bonchev–Trinajstić information content (AvgIpc) is 3.26. The number of alkyl carbamates (subject to hydrolysis) is 1. The number of carbonyl (C=O) groups is 4. The van der Waals surface area contributed by atoms with Crippen LogP contribution in [0.25, 0.3) is 5.65 Å². The van der Waals surface area contributed by atoms with E-state index in [4.69, 9.17) is 19.4 Å². The summed E-state index contributed by atoms with van der Waals surface area (Å²) >= 11 is 0. The molecule has 3 rings (SSSR count). The van der Waals surface area contributed by atoms with Crippen molar-refractivity contribution in [3.8, 4) is 5.75 Å².